The molecule has 0 spiro atoms. The van der Waals surface area contributed by atoms with Crippen molar-refractivity contribution in [3.63, 3.8) is 0 Å². The number of hydrogen-bond acceptors (Lipinski definition) is 4. The summed E-state index contributed by atoms with van der Waals surface area (Å²) >= 11 is 0. The van der Waals surface area contributed by atoms with Crippen molar-refractivity contribution in [1.29, 1.82) is 0 Å². The van der Waals surface area contributed by atoms with E-state index in [1.54, 1.807) is 19.9 Å². The first kappa shape index (κ1) is 14.2. The summed E-state index contributed by atoms with van der Waals surface area (Å²) in [5, 5.41) is 0. The first-order valence-electron chi connectivity index (χ1n) is 5.47. The van der Waals surface area contributed by atoms with Gasteiger partial charge in [-0.15, -0.1) is 0 Å². The minimum Gasteiger partial charge on any atom is -0.489 e. The topological polar surface area (TPSA) is 52.6 Å². The van der Waals surface area contributed by atoms with Crippen LogP contribution < -0.4 is 0 Å². The van der Waals surface area contributed by atoms with E-state index >= 15 is 0 Å². The van der Waals surface area contributed by atoms with E-state index in [-0.39, 0.29) is 23.1 Å². The lowest BCUT2D eigenvalue weighted by atomic mass is 9.90. The molecule has 0 aromatic rings. The summed E-state index contributed by atoms with van der Waals surface area (Å²) in [6, 6.07) is 0. The van der Waals surface area contributed by atoms with Crippen molar-refractivity contribution in [3.8, 4) is 0 Å². The molecule has 0 bridgehead atoms. The maximum atomic E-state index is 12.2. The van der Waals surface area contributed by atoms with E-state index in [1.165, 1.54) is 14.2 Å². The van der Waals surface area contributed by atoms with E-state index in [0.29, 0.717) is 23.1 Å². The number of hydrogen-bond donors (Lipinski definition) is 0. The highest BCUT2D eigenvalue weighted by Crippen LogP contribution is 2.27. The van der Waals surface area contributed by atoms with Crippen molar-refractivity contribution in [2.24, 2.45) is 0 Å². The predicted molar refractivity (Wildman–Crippen MR) is 66.4 cm³/mol. The third-order valence-electron chi connectivity index (χ3n) is 2.72. The Balaban J connectivity index is 3.22. The second-order valence-corrected chi connectivity index (χ2v) is 3.98. The zero-order chi connectivity index (χ0) is 13.9. The van der Waals surface area contributed by atoms with Gasteiger partial charge in [0.25, 0.3) is 0 Å². The summed E-state index contributed by atoms with van der Waals surface area (Å²) < 4.78 is 9.89. The number of rotatable bonds is 4. The van der Waals surface area contributed by atoms with Gasteiger partial charge in [-0.05, 0) is 27.2 Å². The summed E-state index contributed by atoms with van der Waals surface area (Å²) in [7, 11) is 2.67. The van der Waals surface area contributed by atoms with Crippen LogP contribution in [0.3, 0.4) is 0 Å². The van der Waals surface area contributed by atoms with Crippen LogP contribution in [-0.2, 0) is 19.1 Å². The minimum atomic E-state index is -0.330. The van der Waals surface area contributed by atoms with E-state index in [9.17, 15) is 9.59 Å². The van der Waals surface area contributed by atoms with Gasteiger partial charge in [0.2, 0.25) is 23.1 Å². The Morgan fingerprint density at radius 3 is 2.11 bits per heavy atom. The molecule has 4 heteroatoms. The minimum absolute atomic E-state index is 0.0443. The summed E-state index contributed by atoms with van der Waals surface area (Å²) in [6.07, 6.45) is 2.00. The van der Waals surface area contributed by atoms with Gasteiger partial charge in [0.1, 0.15) is 0 Å². The molecule has 0 aromatic carbocycles. The second-order valence-electron chi connectivity index (χ2n) is 3.98. The molecule has 1 aliphatic carbocycles. The highest BCUT2D eigenvalue weighted by molar-refractivity contribution is 6.23. The standard InChI is InChI=1S/C14H16O4/c1-8(2)6-7-10-9(3)11(15)13(17-4)14(18-5)12(10)16/h1,6H,7H2,2-5H3. The Labute approximate surface area is 107 Å². The number of carbonyl (C=O) groups excluding carboxylic acids is 2. The summed E-state index contributed by atoms with van der Waals surface area (Å²) in [5.41, 5.74) is 1.36. The van der Waals surface area contributed by atoms with Crippen LogP contribution in [0, 0.1) is 6.92 Å². The van der Waals surface area contributed by atoms with Gasteiger partial charge >= 0.3 is 0 Å². The molecule has 0 heterocycles. The Morgan fingerprint density at radius 1 is 1.17 bits per heavy atom. The van der Waals surface area contributed by atoms with E-state index < -0.39 is 0 Å². The predicted octanol–water partition coefficient (Wildman–Crippen LogP) is 2.01. The molecule has 0 unspecified atom stereocenters. The van der Waals surface area contributed by atoms with E-state index in [0.717, 1.165) is 0 Å². The molecule has 96 valence electrons. The van der Waals surface area contributed by atoms with Gasteiger partial charge in [0.15, 0.2) is 0 Å². The van der Waals surface area contributed by atoms with Crippen LogP contribution in [0.25, 0.3) is 0 Å². The molecule has 0 amide bonds. The summed E-state index contributed by atoms with van der Waals surface area (Å²) in [5.74, 6) is -0.751. The number of allylic oxidation sites excluding steroid dienone is 4. The van der Waals surface area contributed by atoms with E-state index in [1.807, 2.05) is 0 Å². The zero-order valence-corrected chi connectivity index (χ0v) is 11.0. The molecule has 0 fully saturated rings. The van der Waals surface area contributed by atoms with Crippen molar-refractivity contribution >= 4 is 11.6 Å². The zero-order valence-electron chi connectivity index (χ0n) is 11.0. The highest BCUT2D eigenvalue weighted by atomic mass is 16.5. The first-order valence-corrected chi connectivity index (χ1v) is 5.47. The van der Waals surface area contributed by atoms with E-state index in [2.05, 4.69) is 0 Å². The number of Topliss-reactive ketones (excluding diaryl/α,β-unsaturated/α-hetero) is 2. The molecular weight excluding hydrogens is 232 g/mol. The molecule has 0 atom stereocenters. The maximum Gasteiger partial charge on any atom is 0.228 e. The van der Waals surface area contributed by atoms with Crippen molar-refractivity contribution < 1.29 is 19.1 Å². The van der Waals surface area contributed by atoms with Gasteiger partial charge in [-0.3, -0.25) is 9.59 Å². The number of ether oxygens (including phenoxy) is 2. The average Bonchev–Trinajstić information content (AvgIpc) is 2.32. The Hall–Kier alpha value is -1.84. The number of ketones is 2. The second kappa shape index (κ2) is 5.67. The van der Waals surface area contributed by atoms with Gasteiger partial charge in [-0.25, -0.2) is 0 Å². The first-order chi connectivity index (χ1) is 8.43. The molecule has 1 rings (SSSR count). The highest BCUT2D eigenvalue weighted by Gasteiger charge is 2.33. The van der Waals surface area contributed by atoms with Gasteiger partial charge in [-0.2, -0.15) is 0 Å². The number of methoxy groups -OCH3 is 2. The Kier molecular flexibility index (Phi) is 4.48. The van der Waals surface area contributed by atoms with Gasteiger partial charge in [-0.1, -0.05) is 11.6 Å². The van der Waals surface area contributed by atoms with Gasteiger partial charge in [0, 0.05) is 11.1 Å². The van der Waals surface area contributed by atoms with Crippen molar-refractivity contribution in [2.45, 2.75) is 20.3 Å². The fourth-order valence-electron chi connectivity index (χ4n) is 1.70. The summed E-state index contributed by atoms with van der Waals surface area (Å²) in [4.78, 5) is 24.2. The van der Waals surface area contributed by atoms with Crippen LogP contribution in [-0.4, -0.2) is 25.8 Å². The third-order valence-corrected chi connectivity index (χ3v) is 2.72. The molecule has 1 aliphatic rings. The van der Waals surface area contributed by atoms with Crippen LogP contribution in [0.1, 0.15) is 20.3 Å². The van der Waals surface area contributed by atoms with Gasteiger partial charge in [0.05, 0.1) is 14.2 Å². The molecule has 0 saturated heterocycles. The molecule has 0 aliphatic heterocycles. The average molecular weight is 248 g/mol. The van der Waals surface area contributed by atoms with Crippen molar-refractivity contribution in [1.82, 2.24) is 0 Å². The van der Waals surface area contributed by atoms with Crippen LogP contribution in [0.5, 0.6) is 0 Å². The fourth-order valence-corrected chi connectivity index (χ4v) is 1.70. The quantitative estimate of drug-likeness (QED) is 0.714. The molecule has 0 N–H and O–H groups in total. The monoisotopic (exact) mass is 248 g/mol. The van der Waals surface area contributed by atoms with Crippen LogP contribution in [0.15, 0.2) is 34.3 Å². The lowest BCUT2D eigenvalue weighted by molar-refractivity contribution is -0.121. The fraction of sp³-hybridized carbons (Fsp3) is 0.357. The van der Waals surface area contributed by atoms with Crippen LogP contribution in [0.4, 0.5) is 0 Å². The molecule has 2 radical (unpaired) electrons. The van der Waals surface area contributed by atoms with Crippen LogP contribution in [0.2, 0.25) is 0 Å². The summed E-state index contributed by atoms with van der Waals surface area (Å²) in [6.45, 7) is 8.85. The number of carbonyl (C=O) groups is 2. The third kappa shape index (κ3) is 2.53. The molecule has 18 heavy (non-hydrogen) atoms. The SMILES string of the molecule is [CH]C(C)=CCC1=C(C)C(=O)C(OC)=C(OC)C1=O. The van der Waals surface area contributed by atoms with Crippen molar-refractivity contribution in [3.05, 3.63) is 41.2 Å². The van der Waals surface area contributed by atoms with E-state index in [4.69, 9.17) is 16.4 Å². The smallest absolute Gasteiger partial charge is 0.228 e. The van der Waals surface area contributed by atoms with Crippen molar-refractivity contribution in [2.75, 3.05) is 14.2 Å². The lowest BCUT2D eigenvalue weighted by Gasteiger charge is -2.19. The van der Waals surface area contributed by atoms with Crippen LogP contribution >= 0.6 is 0 Å². The molecule has 4 nitrogen and oxygen atoms in total. The molecule has 0 saturated carbocycles. The molecular formula is C14H16O4. The lowest BCUT2D eigenvalue weighted by Crippen LogP contribution is -2.24. The largest absolute Gasteiger partial charge is 0.489 e. The molecule has 0 aromatic heterocycles. The maximum absolute atomic E-state index is 12.2. The van der Waals surface area contributed by atoms with Gasteiger partial charge < -0.3 is 9.47 Å². The Bertz CT molecular complexity index is 474. The normalized spacial score (nSPS) is 17.5. The Morgan fingerprint density at radius 2 is 1.67 bits per heavy atom.